The van der Waals surface area contributed by atoms with Crippen LogP contribution in [0.5, 0.6) is 0 Å². The Morgan fingerprint density at radius 1 is 1.25 bits per heavy atom. The van der Waals surface area contributed by atoms with E-state index in [2.05, 4.69) is 15.3 Å². The minimum atomic E-state index is -1.10. The van der Waals surface area contributed by atoms with Gasteiger partial charge in [-0.25, -0.2) is 13.6 Å². The Balaban J connectivity index is 1.45. The normalized spacial score (nSPS) is 19.0. The van der Waals surface area contributed by atoms with Gasteiger partial charge in [-0.15, -0.1) is 0 Å². The number of nitrogens with zero attached hydrogens (tertiary/aromatic N) is 5. The lowest BCUT2D eigenvalue weighted by molar-refractivity contribution is -0.119. The third-order valence-corrected chi connectivity index (χ3v) is 6.44. The van der Waals surface area contributed by atoms with E-state index in [-0.39, 0.29) is 31.1 Å². The molecular formula is C24H26F2N6O4. The zero-order valence-corrected chi connectivity index (χ0v) is 19.7. The highest BCUT2D eigenvalue weighted by atomic mass is 19.1. The molecule has 2 aliphatic heterocycles. The molecule has 1 atom stereocenters. The molecule has 2 aromatic carbocycles. The molecule has 4 rings (SSSR count). The van der Waals surface area contributed by atoms with E-state index >= 15 is 8.78 Å². The number of piperidine rings is 1. The minimum Gasteiger partial charge on any atom is -0.442 e. The minimum absolute atomic E-state index is 0.0286. The molecule has 2 fully saturated rings. The molecule has 0 bridgehead atoms. The topological polar surface area (TPSA) is 131 Å². The summed E-state index contributed by atoms with van der Waals surface area (Å²) in [5.74, 6) is -1.40. The van der Waals surface area contributed by atoms with Gasteiger partial charge in [0, 0.05) is 30.5 Å². The molecule has 36 heavy (non-hydrogen) atoms. The zero-order chi connectivity index (χ0) is 25.9. The number of benzene rings is 2. The van der Waals surface area contributed by atoms with Gasteiger partial charge in [-0.1, -0.05) is 11.2 Å². The average Bonchev–Trinajstić information content (AvgIpc) is 3.22. The number of azide groups is 1. The number of amides is 2. The van der Waals surface area contributed by atoms with Crippen LogP contribution in [0.3, 0.4) is 0 Å². The van der Waals surface area contributed by atoms with Crippen molar-refractivity contribution in [2.75, 3.05) is 42.5 Å². The standard InChI is InChI=1S/C24H26F2N6O4/c1-15(33)28-12-18-13-32(23(34)36-18)17-3-4-19(20(25)11-17)16-2-5-22(21(26)10-16)31-8-6-24(35,7-9-31)14-29-30-27/h2-5,10-11,18,35H,6-9,12-14H2,1H3,(H,28,33). The van der Waals surface area contributed by atoms with Gasteiger partial charge in [-0.3, -0.25) is 9.69 Å². The molecule has 2 heterocycles. The molecule has 0 aromatic heterocycles. The second-order valence-electron chi connectivity index (χ2n) is 8.98. The molecule has 190 valence electrons. The summed E-state index contributed by atoms with van der Waals surface area (Å²) in [7, 11) is 0. The van der Waals surface area contributed by atoms with Crippen molar-refractivity contribution in [3.63, 3.8) is 0 Å². The van der Waals surface area contributed by atoms with E-state index in [4.69, 9.17) is 10.3 Å². The first-order chi connectivity index (χ1) is 17.2. The molecule has 0 radical (unpaired) electrons. The summed E-state index contributed by atoms with van der Waals surface area (Å²) in [5, 5.41) is 16.5. The van der Waals surface area contributed by atoms with Gasteiger partial charge in [-0.05, 0) is 54.3 Å². The summed E-state index contributed by atoms with van der Waals surface area (Å²) in [6, 6.07) is 8.66. The zero-order valence-electron chi connectivity index (χ0n) is 19.7. The Labute approximate surface area is 206 Å². The van der Waals surface area contributed by atoms with Crippen molar-refractivity contribution in [1.82, 2.24) is 5.32 Å². The van der Waals surface area contributed by atoms with E-state index in [0.29, 0.717) is 42.9 Å². The molecule has 2 saturated heterocycles. The Hall–Kier alpha value is -3.89. The highest BCUT2D eigenvalue weighted by molar-refractivity contribution is 5.90. The lowest BCUT2D eigenvalue weighted by Gasteiger charge is -2.38. The lowest BCUT2D eigenvalue weighted by Crippen LogP contribution is -2.46. The summed E-state index contributed by atoms with van der Waals surface area (Å²) >= 11 is 0. The number of carbonyl (C=O) groups is 2. The van der Waals surface area contributed by atoms with Crippen LogP contribution in [0.2, 0.25) is 0 Å². The largest absolute Gasteiger partial charge is 0.442 e. The van der Waals surface area contributed by atoms with Crippen molar-refractivity contribution in [1.29, 1.82) is 0 Å². The van der Waals surface area contributed by atoms with Crippen LogP contribution in [-0.4, -0.2) is 61.5 Å². The van der Waals surface area contributed by atoms with Gasteiger partial charge in [0.05, 0.1) is 36.6 Å². The summed E-state index contributed by atoms with van der Waals surface area (Å²) in [4.78, 5) is 29.0. The fraction of sp³-hybridized carbons (Fsp3) is 0.417. The second-order valence-corrected chi connectivity index (χ2v) is 8.98. The molecule has 2 aliphatic rings. The van der Waals surface area contributed by atoms with E-state index in [1.54, 1.807) is 23.1 Å². The molecule has 12 heteroatoms. The maximum atomic E-state index is 15.0. The molecule has 0 aliphatic carbocycles. The fourth-order valence-corrected chi connectivity index (χ4v) is 4.42. The molecular weight excluding hydrogens is 474 g/mol. The monoisotopic (exact) mass is 500 g/mol. The van der Waals surface area contributed by atoms with Gasteiger partial charge in [0.25, 0.3) is 0 Å². The summed E-state index contributed by atoms with van der Waals surface area (Å²) in [6.07, 6.45) is -0.529. The van der Waals surface area contributed by atoms with Crippen molar-refractivity contribution in [2.45, 2.75) is 31.5 Å². The molecule has 10 nitrogen and oxygen atoms in total. The van der Waals surface area contributed by atoms with Crippen molar-refractivity contribution in [3.05, 3.63) is 58.5 Å². The third kappa shape index (κ3) is 5.50. The summed E-state index contributed by atoms with van der Waals surface area (Å²) < 4.78 is 35.2. The smallest absolute Gasteiger partial charge is 0.414 e. The summed E-state index contributed by atoms with van der Waals surface area (Å²) in [5.41, 5.74) is 8.52. The lowest BCUT2D eigenvalue weighted by atomic mass is 9.91. The number of ether oxygens (including phenoxy) is 1. The van der Waals surface area contributed by atoms with Crippen molar-refractivity contribution in [3.8, 4) is 11.1 Å². The number of hydrogen-bond acceptors (Lipinski definition) is 6. The first-order valence-corrected chi connectivity index (χ1v) is 11.5. The van der Waals surface area contributed by atoms with E-state index < -0.39 is 29.4 Å². The Morgan fingerprint density at radius 2 is 2.00 bits per heavy atom. The number of rotatable bonds is 7. The number of hydrogen-bond donors (Lipinski definition) is 2. The molecule has 1 unspecified atom stereocenters. The van der Waals surface area contributed by atoms with Gasteiger partial charge in [-0.2, -0.15) is 0 Å². The number of carbonyl (C=O) groups excluding carboxylic acids is 2. The van der Waals surface area contributed by atoms with Crippen LogP contribution in [0.1, 0.15) is 19.8 Å². The summed E-state index contributed by atoms with van der Waals surface area (Å²) in [6.45, 7) is 2.41. The van der Waals surface area contributed by atoms with E-state index in [1.165, 1.54) is 30.0 Å². The van der Waals surface area contributed by atoms with Gasteiger partial charge in [0.1, 0.15) is 17.7 Å². The predicted molar refractivity (Wildman–Crippen MR) is 129 cm³/mol. The van der Waals surface area contributed by atoms with E-state index in [1.807, 2.05) is 0 Å². The van der Waals surface area contributed by atoms with Crippen LogP contribution in [0.4, 0.5) is 25.0 Å². The SMILES string of the molecule is CC(=O)NCC1CN(c2ccc(-c3ccc(N4CCC(O)(CN=[N+]=[N-])CC4)c(F)c3)c(F)c2)C(=O)O1. The molecule has 0 saturated carbocycles. The maximum Gasteiger partial charge on any atom is 0.414 e. The molecule has 2 aromatic rings. The highest BCUT2D eigenvalue weighted by Crippen LogP contribution is 2.33. The number of halogens is 2. The number of aliphatic hydroxyl groups is 1. The van der Waals surface area contributed by atoms with Crippen LogP contribution >= 0.6 is 0 Å². The molecule has 0 spiro atoms. The number of anilines is 2. The first kappa shape index (κ1) is 25.2. The van der Waals surface area contributed by atoms with Gasteiger partial charge in [0.2, 0.25) is 5.91 Å². The van der Waals surface area contributed by atoms with E-state index in [0.717, 1.165) is 0 Å². The quantitative estimate of drug-likeness (QED) is 0.340. The van der Waals surface area contributed by atoms with Gasteiger partial charge >= 0.3 is 6.09 Å². The van der Waals surface area contributed by atoms with Gasteiger partial charge in [0.15, 0.2) is 0 Å². The number of nitrogens with one attached hydrogen (secondary N) is 1. The van der Waals surface area contributed by atoms with E-state index in [9.17, 15) is 14.7 Å². The van der Waals surface area contributed by atoms with Crippen LogP contribution in [-0.2, 0) is 9.53 Å². The van der Waals surface area contributed by atoms with Crippen LogP contribution in [0, 0.1) is 11.6 Å². The molecule has 2 N–H and O–H groups in total. The average molecular weight is 501 g/mol. The predicted octanol–water partition coefficient (Wildman–Crippen LogP) is 3.73. The second kappa shape index (κ2) is 10.4. The third-order valence-electron chi connectivity index (χ3n) is 6.44. The Bertz CT molecular complexity index is 1210. The Kier molecular flexibility index (Phi) is 7.27. The first-order valence-electron chi connectivity index (χ1n) is 11.5. The van der Waals surface area contributed by atoms with Crippen molar-refractivity contribution in [2.24, 2.45) is 5.11 Å². The maximum absolute atomic E-state index is 15.0. The number of cyclic esters (lactones) is 1. The van der Waals surface area contributed by atoms with Crippen molar-refractivity contribution >= 4 is 23.4 Å². The van der Waals surface area contributed by atoms with Crippen LogP contribution in [0.15, 0.2) is 41.5 Å². The fourth-order valence-electron chi connectivity index (χ4n) is 4.42. The Morgan fingerprint density at radius 3 is 2.64 bits per heavy atom. The van der Waals surface area contributed by atoms with Gasteiger partial charge < -0.3 is 20.1 Å². The highest BCUT2D eigenvalue weighted by Gasteiger charge is 2.34. The van der Waals surface area contributed by atoms with Crippen molar-refractivity contribution < 1.29 is 28.2 Å². The van der Waals surface area contributed by atoms with Crippen LogP contribution in [0.25, 0.3) is 21.6 Å². The molecule has 2 amide bonds. The van der Waals surface area contributed by atoms with Crippen LogP contribution < -0.4 is 15.1 Å².